The fourth-order valence-electron chi connectivity index (χ4n) is 8.35. The first-order chi connectivity index (χ1) is 33.0. The standard InChI is InChI=1S/C61H107NO5/c1-4-7-10-13-16-19-22-25-28-29-30-31-33-36-39-42-45-48-51-54-61(66)67-57(52-49-46-43-40-37-34-32-26-23-20-17-14-11-8-5-2)55-60(65)62-58(56-63)59(64)53-50-47-44-41-38-35-27-24-21-18-15-12-9-6-3/h8,11,14,17,20,23,25-26,28,32,34,37,40,43,57-59,63-64H,4-7,9-10,12-13,15-16,18-19,21-22,24,27,29-31,33,35-36,38-39,41-42,44-56H2,1-3H3,(H,62,65)/b11-8-,17-14+,23-20+,28-25+,32-26-,37-34+,43-40+. The number of aliphatic hydroxyl groups excluding tert-OH is 2. The van der Waals surface area contributed by atoms with Gasteiger partial charge in [0.2, 0.25) is 5.91 Å². The smallest absolute Gasteiger partial charge is 0.306 e. The number of hydrogen-bond donors (Lipinski definition) is 3. The first kappa shape index (κ1) is 64.0. The monoisotopic (exact) mass is 934 g/mol. The lowest BCUT2D eigenvalue weighted by molar-refractivity contribution is -0.151. The van der Waals surface area contributed by atoms with Crippen LogP contribution < -0.4 is 5.32 Å². The van der Waals surface area contributed by atoms with Gasteiger partial charge in [0.05, 0.1) is 25.2 Å². The minimum absolute atomic E-state index is 0.0231. The summed E-state index contributed by atoms with van der Waals surface area (Å²) in [5.74, 6) is -0.549. The molecule has 0 saturated carbocycles. The first-order valence-electron chi connectivity index (χ1n) is 28.4. The Hall–Kier alpha value is -2.96. The molecule has 0 rings (SSSR count). The largest absolute Gasteiger partial charge is 0.462 e. The fraction of sp³-hybridized carbons (Fsp3) is 0.738. The number of allylic oxidation sites excluding steroid dienone is 14. The molecule has 0 saturated heterocycles. The molecule has 3 unspecified atom stereocenters. The average molecular weight is 935 g/mol. The number of unbranched alkanes of at least 4 members (excludes halogenated alkanes) is 29. The fourth-order valence-corrected chi connectivity index (χ4v) is 8.35. The Balaban J connectivity index is 4.65. The molecule has 0 fully saturated rings. The van der Waals surface area contributed by atoms with Crippen LogP contribution in [-0.2, 0) is 14.3 Å². The number of rotatable bonds is 50. The molecule has 0 aromatic carbocycles. The molecule has 3 N–H and O–H groups in total. The Morgan fingerprint density at radius 1 is 0.448 bits per heavy atom. The lowest BCUT2D eigenvalue weighted by Crippen LogP contribution is -2.46. The van der Waals surface area contributed by atoms with Crippen LogP contribution in [0.3, 0.4) is 0 Å². The molecule has 0 aliphatic carbocycles. The van der Waals surface area contributed by atoms with Crippen molar-refractivity contribution < 1.29 is 24.5 Å². The number of aliphatic hydroxyl groups is 2. The maximum absolute atomic E-state index is 13.2. The van der Waals surface area contributed by atoms with Gasteiger partial charge in [-0.15, -0.1) is 0 Å². The van der Waals surface area contributed by atoms with E-state index in [1.54, 1.807) is 0 Å². The third-order valence-electron chi connectivity index (χ3n) is 12.6. The molecular weight excluding hydrogens is 827 g/mol. The molecule has 1 amide bonds. The summed E-state index contributed by atoms with van der Waals surface area (Å²) in [6.45, 7) is 6.33. The van der Waals surface area contributed by atoms with E-state index in [1.165, 1.54) is 161 Å². The van der Waals surface area contributed by atoms with Crippen molar-refractivity contribution >= 4 is 11.9 Å². The van der Waals surface area contributed by atoms with Crippen molar-refractivity contribution in [3.8, 4) is 0 Å². The molecule has 0 spiro atoms. The van der Waals surface area contributed by atoms with Gasteiger partial charge in [-0.1, -0.05) is 273 Å². The van der Waals surface area contributed by atoms with Gasteiger partial charge >= 0.3 is 5.97 Å². The quantitative estimate of drug-likeness (QED) is 0.0244. The molecule has 3 atom stereocenters. The van der Waals surface area contributed by atoms with Crippen LogP contribution in [0.4, 0.5) is 0 Å². The van der Waals surface area contributed by atoms with Gasteiger partial charge in [-0.05, 0) is 64.2 Å². The molecular formula is C61H107NO5. The highest BCUT2D eigenvalue weighted by Gasteiger charge is 2.24. The number of esters is 1. The molecule has 0 aromatic heterocycles. The maximum atomic E-state index is 13.2. The summed E-state index contributed by atoms with van der Waals surface area (Å²) in [5.41, 5.74) is 0. The minimum Gasteiger partial charge on any atom is -0.462 e. The van der Waals surface area contributed by atoms with Crippen molar-refractivity contribution in [3.05, 3.63) is 85.1 Å². The predicted molar refractivity (Wildman–Crippen MR) is 291 cm³/mol. The molecule has 0 aliphatic heterocycles. The number of nitrogens with one attached hydrogen (secondary N) is 1. The molecule has 0 heterocycles. The number of carbonyl (C=O) groups is 2. The van der Waals surface area contributed by atoms with E-state index in [2.05, 4.69) is 50.4 Å². The normalized spacial score (nSPS) is 13.8. The van der Waals surface area contributed by atoms with Crippen molar-refractivity contribution in [1.82, 2.24) is 5.32 Å². The third kappa shape index (κ3) is 49.3. The van der Waals surface area contributed by atoms with E-state index in [4.69, 9.17) is 4.74 Å². The van der Waals surface area contributed by atoms with Crippen molar-refractivity contribution in [1.29, 1.82) is 0 Å². The molecule has 6 heteroatoms. The van der Waals surface area contributed by atoms with Crippen molar-refractivity contribution in [2.45, 2.75) is 283 Å². The van der Waals surface area contributed by atoms with Gasteiger partial charge in [0.25, 0.3) is 0 Å². The van der Waals surface area contributed by atoms with Crippen LogP contribution in [0.15, 0.2) is 85.1 Å². The summed E-state index contributed by atoms with van der Waals surface area (Å²) in [6.07, 6.45) is 70.8. The van der Waals surface area contributed by atoms with Crippen LogP contribution in [0, 0.1) is 0 Å². The maximum Gasteiger partial charge on any atom is 0.306 e. The van der Waals surface area contributed by atoms with Gasteiger partial charge in [0.15, 0.2) is 0 Å². The van der Waals surface area contributed by atoms with E-state index in [0.29, 0.717) is 19.3 Å². The SMILES string of the molecule is CC\C=C/C=C/C=C/C=C\C=C\C=C\CCCC(CC(=O)NC(CO)C(O)CCCCCCCCCCCCCCCC)OC(=O)CCCCCCCCCCC/C=C/CCCCCCCC. The minimum atomic E-state index is -0.812. The van der Waals surface area contributed by atoms with E-state index in [0.717, 1.165) is 57.8 Å². The highest BCUT2D eigenvalue weighted by molar-refractivity contribution is 5.77. The lowest BCUT2D eigenvalue weighted by Gasteiger charge is -2.24. The molecule has 0 aliphatic rings. The zero-order valence-electron chi connectivity index (χ0n) is 44.0. The van der Waals surface area contributed by atoms with Gasteiger partial charge in [-0.3, -0.25) is 9.59 Å². The number of carbonyl (C=O) groups excluding carboxylic acids is 2. The first-order valence-corrected chi connectivity index (χ1v) is 28.4. The highest BCUT2D eigenvalue weighted by atomic mass is 16.5. The number of hydrogen-bond acceptors (Lipinski definition) is 5. The van der Waals surface area contributed by atoms with Gasteiger partial charge in [0, 0.05) is 6.42 Å². The molecule has 0 aromatic rings. The van der Waals surface area contributed by atoms with Gasteiger partial charge in [-0.2, -0.15) is 0 Å². The highest BCUT2D eigenvalue weighted by Crippen LogP contribution is 2.17. The second-order valence-electron chi connectivity index (χ2n) is 19.1. The third-order valence-corrected chi connectivity index (χ3v) is 12.6. The van der Waals surface area contributed by atoms with Crippen LogP contribution >= 0.6 is 0 Å². The Morgan fingerprint density at radius 2 is 0.836 bits per heavy atom. The second-order valence-corrected chi connectivity index (χ2v) is 19.1. The molecule has 67 heavy (non-hydrogen) atoms. The van der Waals surface area contributed by atoms with E-state index in [-0.39, 0.29) is 24.9 Å². The van der Waals surface area contributed by atoms with Crippen LogP contribution in [0.5, 0.6) is 0 Å². The Kier molecular flexibility index (Phi) is 51.6. The zero-order chi connectivity index (χ0) is 48.8. The van der Waals surface area contributed by atoms with Crippen LogP contribution in [0.2, 0.25) is 0 Å². The van der Waals surface area contributed by atoms with Gasteiger partial charge < -0.3 is 20.3 Å². The van der Waals surface area contributed by atoms with E-state index < -0.39 is 18.2 Å². The number of amides is 1. The second kappa shape index (κ2) is 54.0. The summed E-state index contributed by atoms with van der Waals surface area (Å²) in [5, 5.41) is 23.8. The molecule has 386 valence electrons. The van der Waals surface area contributed by atoms with E-state index in [1.807, 2.05) is 60.8 Å². The average Bonchev–Trinajstić information content (AvgIpc) is 3.32. The predicted octanol–water partition coefficient (Wildman–Crippen LogP) is 17.5. The van der Waals surface area contributed by atoms with Crippen molar-refractivity contribution in [2.24, 2.45) is 0 Å². The van der Waals surface area contributed by atoms with Crippen LogP contribution in [0.1, 0.15) is 265 Å². The summed E-state index contributed by atoms with van der Waals surface area (Å²) in [7, 11) is 0. The summed E-state index contributed by atoms with van der Waals surface area (Å²) < 4.78 is 5.92. The Bertz CT molecular complexity index is 1280. The van der Waals surface area contributed by atoms with Crippen molar-refractivity contribution in [3.63, 3.8) is 0 Å². The van der Waals surface area contributed by atoms with Gasteiger partial charge in [-0.25, -0.2) is 0 Å². The Morgan fingerprint density at radius 3 is 1.28 bits per heavy atom. The van der Waals surface area contributed by atoms with E-state index in [9.17, 15) is 19.8 Å². The van der Waals surface area contributed by atoms with Gasteiger partial charge in [0.1, 0.15) is 6.10 Å². The summed E-state index contributed by atoms with van der Waals surface area (Å²) >= 11 is 0. The lowest BCUT2D eigenvalue weighted by atomic mass is 10.0. The molecule has 0 bridgehead atoms. The topological polar surface area (TPSA) is 95.9 Å². The summed E-state index contributed by atoms with van der Waals surface area (Å²) in [6, 6.07) is -0.730. The molecule has 6 nitrogen and oxygen atoms in total. The van der Waals surface area contributed by atoms with Crippen LogP contribution in [-0.4, -0.2) is 46.9 Å². The summed E-state index contributed by atoms with van der Waals surface area (Å²) in [4.78, 5) is 26.2. The Labute approximate surface area is 414 Å². The van der Waals surface area contributed by atoms with E-state index >= 15 is 0 Å². The zero-order valence-corrected chi connectivity index (χ0v) is 44.0. The van der Waals surface area contributed by atoms with Crippen molar-refractivity contribution in [2.75, 3.05) is 6.61 Å². The molecule has 0 radical (unpaired) electrons. The number of ether oxygens (including phenoxy) is 1. The van der Waals surface area contributed by atoms with Crippen LogP contribution in [0.25, 0.3) is 0 Å².